The molecule has 0 aliphatic heterocycles. The van der Waals surface area contributed by atoms with Gasteiger partial charge in [0, 0.05) is 10.6 Å². The number of carbonyl (C=O) groups is 1. The minimum absolute atomic E-state index is 0.206. The molecule has 0 heterocycles. The van der Waals surface area contributed by atoms with Gasteiger partial charge in [0.1, 0.15) is 11.4 Å². The van der Waals surface area contributed by atoms with Crippen LogP contribution in [0.15, 0.2) is 29.2 Å². The Bertz CT molecular complexity index is 433. The van der Waals surface area contributed by atoms with Crippen LogP contribution in [0.5, 0.6) is 0 Å². The molecule has 0 amide bonds. The minimum atomic E-state index is -0.923. The summed E-state index contributed by atoms with van der Waals surface area (Å²) in [4.78, 5) is 12.7. The highest BCUT2D eigenvalue weighted by Gasteiger charge is 2.48. The van der Waals surface area contributed by atoms with Crippen molar-refractivity contribution in [3.05, 3.63) is 30.1 Å². The summed E-state index contributed by atoms with van der Waals surface area (Å²) in [6.07, 6.45) is 1.94. The molecule has 2 N–H and O–H groups in total. The van der Waals surface area contributed by atoms with E-state index >= 15 is 0 Å². The highest BCUT2D eigenvalue weighted by molar-refractivity contribution is 7.99. The number of rotatable bonds is 5. The van der Waals surface area contributed by atoms with Crippen LogP contribution in [0.2, 0.25) is 0 Å². The van der Waals surface area contributed by atoms with Crippen LogP contribution in [0.1, 0.15) is 12.8 Å². The predicted octanol–water partition coefficient (Wildman–Crippen LogP) is 2.20. The Morgan fingerprint density at radius 2 is 2.11 bits per heavy atom. The van der Waals surface area contributed by atoms with E-state index in [4.69, 9.17) is 10.5 Å². The molecule has 1 saturated carbocycles. The van der Waals surface area contributed by atoms with Crippen LogP contribution in [0.25, 0.3) is 0 Å². The molecule has 1 aromatic carbocycles. The van der Waals surface area contributed by atoms with Crippen LogP contribution in [-0.2, 0) is 9.53 Å². The van der Waals surface area contributed by atoms with Crippen LogP contribution >= 0.6 is 11.8 Å². The van der Waals surface area contributed by atoms with Gasteiger partial charge in [0.15, 0.2) is 0 Å². The molecule has 1 fully saturated rings. The molecule has 0 radical (unpaired) electrons. The van der Waals surface area contributed by atoms with E-state index in [1.807, 2.05) is 0 Å². The lowest BCUT2D eigenvalue weighted by molar-refractivity contribution is -0.146. The first kappa shape index (κ1) is 13.4. The molecule has 0 bridgehead atoms. The van der Waals surface area contributed by atoms with Crippen molar-refractivity contribution in [1.29, 1.82) is 0 Å². The van der Waals surface area contributed by atoms with Crippen molar-refractivity contribution in [2.75, 3.05) is 12.9 Å². The summed E-state index contributed by atoms with van der Waals surface area (Å²) in [6, 6.07) is 6.17. The van der Waals surface area contributed by atoms with E-state index in [9.17, 15) is 9.18 Å². The van der Waals surface area contributed by atoms with Crippen molar-refractivity contribution in [3.8, 4) is 0 Å². The van der Waals surface area contributed by atoms with Crippen molar-refractivity contribution < 1.29 is 13.9 Å². The quantitative estimate of drug-likeness (QED) is 0.657. The zero-order valence-corrected chi connectivity index (χ0v) is 11.0. The molecule has 0 aromatic heterocycles. The number of hydrogen-bond donors (Lipinski definition) is 1. The lowest BCUT2D eigenvalue weighted by Gasteiger charge is -2.25. The molecular formula is C13H16FNO2S. The zero-order valence-electron chi connectivity index (χ0n) is 10.2. The Balaban J connectivity index is 2.02. The summed E-state index contributed by atoms with van der Waals surface area (Å²) in [7, 11) is 1.36. The van der Waals surface area contributed by atoms with Crippen molar-refractivity contribution >= 4 is 17.7 Å². The summed E-state index contributed by atoms with van der Waals surface area (Å²) in [6.45, 7) is 0. The Kier molecular flexibility index (Phi) is 3.92. The summed E-state index contributed by atoms with van der Waals surface area (Å²) >= 11 is 1.46. The van der Waals surface area contributed by atoms with Gasteiger partial charge in [-0.3, -0.25) is 4.79 Å². The molecule has 1 aliphatic rings. The topological polar surface area (TPSA) is 52.3 Å². The van der Waals surface area contributed by atoms with Gasteiger partial charge in [0.2, 0.25) is 0 Å². The average molecular weight is 269 g/mol. The lowest BCUT2D eigenvalue weighted by Crippen LogP contribution is -2.53. The minimum Gasteiger partial charge on any atom is -0.468 e. The van der Waals surface area contributed by atoms with Gasteiger partial charge < -0.3 is 10.5 Å². The maximum absolute atomic E-state index is 12.8. The zero-order chi connectivity index (χ0) is 13.2. The monoisotopic (exact) mass is 269 g/mol. The summed E-state index contributed by atoms with van der Waals surface area (Å²) in [5, 5.41) is 0. The summed E-state index contributed by atoms with van der Waals surface area (Å²) in [5.74, 6) is 0.0294. The van der Waals surface area contributed by atoms with Gasteiger partial charge in [-0.25, -0.2) is 4.39 Å². The number of benzene rings is 1. The number of halogens is 1. The van der Waals surface area contributed by atoms with Crippen LogP contribution < -0.4 is 5.73 Å². The molecule has 0 saturated heterocycles. The molecule has 1 aromatic rings. The lowest BCUT2D eigenvalue weighted by atomic mass is 9.97. The molecule has 18 heavy (non-hydrogen) atoms. The van der Waals surface area contributed by atoms with E-state index in [2.05, 4.69) is 0 Å². The van der Waals surface area contributed by atoms with Crippen molar-refractivity contribution in [2.45, 2.75) is 23.3 Å². The molecule has 98 valence electrons. The van der Waals surface area contributed by atoms with Crippen LogP contribution in [0.3, 0.4) is 0 Å². The van der Waals surface area contributed by atoms with E-state index in [-0.39, 0.29) is 17.7 Å². The van der Waals surface area contributed by atoms with Crippen LogP contribution in [0.4, 0.5) is 4.39 Å². The Hall–Kier alpha value is -1.07. The molecule has 2 rings (SSSR count). The largest absolute Gasteiger partial charge is 0.468 e. The van der Waals surface area contributed by atoms with Crippen LogP contribution in [0, 0.1) is 11.7 Å². The third-order valence-corrected chi connectivity index (χ3v) is 4.39. The SMILES string of the molecule is COC(=O)C(N)(CSc1ccc(F)cc1)C1CC1. The first-order valence-electron chi connectivity index (χ1n) is 5.82. The molecule has 5 heteroatoms. The van der Waals surface area contributed by atoms with Gasteiger partial charge in [0.05, 0.1) is 7.11 Å². The van der Waals surface area contributed by atoms with Crippen molar-refractivity contribution in [2.24, 2.45) is 11.7 Å². The first-order valence-corrected chi connectivity index (χ1v) is 6.80. The second-order valence-electron chi connectivity index (χ2n) is 4.55. The number of carbonyl (C=O) groups excluding carboxylic acids is 1. The van der Waals surface area contributed by atoms with E-state index < -0.39 is 5.54 Å². The predicted molar refractivity (Wildman–Crippen MR) is 68.8 cm³/mol. The Morgan fingerprint density at radius 3 is 2.61 bits per heavy atom. The third kappa shape index (κ3) is 2.84. The Labute approximate surface area is 110 Å². The number of hydrogen-bond acceptors (Lipinski definition) is 4. The van der Waals surface area contributed by atoms with Gasteiger partial charge in [-0.2, -0.15) is 0 Å². The Morgan fingerprint density at radius 1 is 1.50 bits per heavy atom. The molecule has 3 nitrogen and oxygen atoms in total. The van der Waals surface area contributed by atoms with Gasteiger partial charge >= 0.3 is 5.97 Å². The number of esters is 1. The van der Waals surface area contributed by atoms with E-state index in [0.717, 1.165) is 17.7 Å². The molecular weight excluding hydrogens is 253 g/mol. The molecule has 1 aliphatic carbocycles. The van der Waals surface area contributed by atoms with E-state index in [1.165, 1.54) is 31.0 Å². The molecule has 1 unspecified atom stereocenters. The average Bonchev–Trinajstić information content (AvgIpc) is 3.21. The number of methoxy groups -OCH3 is 1. The third-order valence-electron chi connectivity index (χ3n) is 3.16. The number of thioether (sulfide) groups is 1. The normalized spacial score (nSPS) is 18.2. The fraction of sp³-hybridized carbons (Fsp3) is 0.462. The number of ether oxygens (including phenoxy) is 1. The fourth-order valence-corrected chi connectivity index (χ4v) is 2.95. The second-order valence-corrected chi connectivity index (χ2v) is 5.60. The van der Waals surface area contributed by atoms with Crippen LogP contribution in [-0.4, -0.2) is 24.4 Å². The van der Waals surface area contributed by atoms with Gasteiger partial charge in [-0.1, -0.05) is 0 Å². The number of nitrogens with two attached hydrogens (primary N) is 1. The summed E-state index contributed by atoms with van der Waals surface area (Å²) < 4.78 is 17.6. The van der Waals surface area contributed by atoms with Crippen molar-refractivity contribution in [1.82, 2.24) is 0 Å². The first-order chi connectivity index (χ1) is 8.56. The maximum atomic E-state index is 12.8. The highest BCUT2D eigenvalue weighted by Crippen LogP contribution is 2.41. The summed E-state index contributed by atoms with van der Waals surface area (Å²) in [5.41, 5.74) is 5.24. The van der Waals surface area contributed by atoms with Gasteiger partial charge in [-0.05, 0) is 43.0 Å². The highest BCUT2D eigenvalue weighted by atomic mass is 32.2. The maximum Gasteiger partial charge on any atom is 0.327 e. The molecule has 1 atom stereocenters. The van der Waals surface area contributed by atoms with Crippen molar-refractivity contribution in [3.63, 3.8) is 0 Å². The van der Waals surface area contributed by atoms with E-state index in [0.29, 0.717) is 5.75 Å². The molecule has 0 spiro atoms. The van der Waals surface area contributed by atoms with E-state index in [1.54, 1.807) is 12.1 Å². The second kappa shape index (κ2) is 5.28. The fourth-order valence-electron chi connectivity index (χ4n) is 1.87. The smallest absolute Gasteiger partial charge is 0.327 e. The van der Waals surface area contributed by atoms with Gasteiger partial charge in [0.25, 0.3) is 0 Å². The standard InChI is InChI=1S/C13H16FNO2S/c1-17-12(16)13(15,9-2-3-9)8-18-11-6-4-10(14)5-7-11/h4-7,9H,2-3,8,15H2,1H3. The van der Waals surface area contributed by atoms with Gasteiger partial charge in [-0.15, -0.1) is 11.8 Å².